The molecule has 0 atom stereocenters. The third-order valence-electron chi connectivity index (χ3n) is 2.22. The molecule has 1 rings (SSSR count). The lowest BCUT2D eigenvalue weighted by Crippen LogP contribution is -2.33. The van der Waals surface area contributed by atoms with E-state index in [-0.39, 0.29) is 11.5 Å². The van der Waals surface area contributed by atoms with E-state index in [1.807, 2.05) is 46.8 Å². The summed E-state index contributed by atoms with van der Waals surface area (Å²) < 4.78 is 0. The molecule has 0 saturated carbocycles. The first-order valence-electron chi connectivity index (χ1n) is 5.35. The molecular weight excluding hydrogens is 202 g/mol. The smallest absolute Gasteiger partial charge is 0.268 e. The largest absolute Gasteiger partial charge is 0.274 e. The maximum absolute atomic E-state index is 11.7. The number of nitrogens with one attached hydrogen (secondary N) is 1. The number of aryl methyl sites for hydroxylation is 2. The minimum Gasteiger partial charge on any atom is -0.268 e. The number of hydrogen-bond donors (Lipinski definition) is 1. The van der Waals surface area contributed by atoms with Gasteiger partial charge in [-0.3, -0.25) is 9.63 Å². The van der Waals surface area contributed by atoms with E-state index >= 15 is 0 Å². The van der Waals surface area contributed by atoms with Crippen LogP contribution in [0, 0.1) is 13.8 Å². The Kier molecular flexibility index (Phi) is 3.70. The van der Waals surface area contributed by atoms with E-state index in [1.165, 1.54) is 5.56 Å². The van der Waals surface area contributed by atoms with Crippen LogP contribution in [0.2, 0.25) is 0 Å². The van der Waals surface area contributed by atoms with Gasteiger partial charge in [0, 0.05) is 5.56 Å². The Morgan fingerprint density at radius 3 is 2.31 bits per heavy atom. The average molecular weight is 221 g/mol. The summed E-state index contributed by atoms with van der Waals surface area (Å²) in [7, 11) is 0. The second-order valence-electron chi connectivity index (χ2n) is 4.94. The fourth-order valence-corrected chi connectivity index (χ4v) is 1.14. The Hall–Kier alpha value is -1.35. The number of carbonyl (C=O) groups is 1. The maximum atomic E-state index is 11.7. The fourth-order valence-electron chi connectivity index (χ4n) is 1.14. The molecule has 1 aromatic carbocycles. The molecule has 0 heterocycles. The summed E-state index contributed by atoms with van der Waals surface area (Å²) in [5.74, 6) is -0.210. The van der Waals surface area contributed by atoms with Gasteiger partial charge in [0.1, 0.15) is 0 Å². The van der Waals surface area contributed by atoms with Crippen LogP contribution in [0.1, 0.15) is 42.3 Å². The van der Waals surface area contributed by atoms with E-state index in [0.29, 0.717) is 5.56 Å². The molecule has 3 heteroatoms. The van der Waals surface area contributed by atoms with Crippen LogP contribution in [0.25, 0.3) is 0 Å². The molecule has 0 bridgehead atoms. The van der Waals surface area contributed by atoms with Crippen LogP contribution >= 0.6 is 0 Å². The summed E-state index contributed by atoms with van der Waals surface area (Å²) in [6, 6.07) is 5.59. The van der Waals surface area contributed by atoms with Crippen LogP contribution in [0.3, 0.4) is 0 Å². The van der Waals surface area contributed by atoms with E-state index in [1.54, 1.807) is 6.07 Å². The van der Waals surface area contributed by atoms with Gasteiger partial charge in [-0.1, -0.05) is 6.07 Å². The zero-order valence-electron chi connectivity index (χ0n) is 10.5. The van der Waals surface area contributed by atoms with Crippen LogP contribution in [0.5, 0.6) is 0 Å². The number of hydrogen-bond acceptors (Lipinski definition) is 2. The van der Waals surface area contributed by atoms with Crippen molar-refractivity contribution in [2.75, 3.05) is 0 Å². The van der Waals surface area contributed by atoms with Crippen LogP contribution in [0.4, 0.5) is 0 Å². The van der Waals surface area contributed by atoms with Crippen LogP contribution in [-0.4, -0.2) is 11.5 Å². The first-order valence-corrected chi connectivity index (χ1v) is 5.35. The molecule has 1 N–H and O–H groups in total. The summed E-state index contributed by atoms with van der Waals surface area (Å²) >= 11 is 0. The highest BCUT2D eigenvalue weighted by Crippen LogP contribution is 2.10. The first-order chi connectivity index (χ1) is 7.29. The molecule has 1 amide bonds. The van der Waals surface area contributed by atoms with Crippen molar-refractivity contribution in [2.24, 2.45) is 0 Å². The lowest BCUT2D eigenvalue weighted by atomic mass is 10.1. The lowest BCUT2D eigenvalue weighted by Gasteiger charge is -2.19. The third-order valence-corrected chi connectivity index (χ3v) is 2.22. The quantitative estimate of drug-likeness (QED) is 0.780. The van der Waals surface area contributed by atoms with Gasteiger partial charge in [0.25, 0.3) is 5.91 Å². The van der Waals surface area contributed by atoms with E-state index in [2.05, 4.69) is 5.48 Å². The van der Waals surface area contributed by atoms with Crippen molar-refractivity contribution in [1.82, 2.24) is 5.48 Å². The van der Waals surface area contributed by atoms with Crippen molar-refractivity contribution in [2.45, 2.75) is 40.2 Å². The van der Waals surface area contributed by atoms with E-state index in [9.17, 15) is 4.79 Å². The maximum Gasteiger partial charge on any atom is 0.274 e. The summed E-state index contributed by atoms with van der Waals surface area (Å²) in [5.41, 5.74) is 4.96. The topological polar surface area (TPSA) is 38.3 Å². The molecule has 88 valence electrons. The molecular formula is C13H19NO2. The van der Waals surface area contributed by atoms with E-state index in [4.69, 9.17) is 4.84 Å². The van der Waals surface area contributed by atoms with Gasteiger partial charge in [-0.25, -0.2) is 5.48 Å². The molecule has 0 aliphatic rings. The van der Waals surface area contributed by atoms with Gasteiger partial charge >= 0.3 is 0 Å². The second kappa shape index (κ2) is 4.66. The van der Waals surface area contributed by atoms with Crippen LogP contribution in [-0.2, 0) is 4.84 Å². The normalized spacial score (nSPS) is 11.3. The molecule has 0 fully saturated rings. The molecule has 16 heavy (non-hydrogen) atoms. The van der Waals surface area contributed by atoms with Crippen molar-refractivity contribution < 1.29 is 9.63 Å². The molecule has 0 saturated heterocycles. The predicted molar refractivity (Wildman–Crippen MR) is 64.2 cm³/mol. The summed E-state index contributed by atoms with van der Waals surface area (Å²) in [6.45, 7) is 9.65. The molecule has 0 aliphatic carbocycles. The van der Waals surface area contributed by atoms with Gasteiger partial charge in [0.05, 0.1) is 5.60 Å². The molecule has 0 radical (unpaired) electrons. The highest BCUT2D eigenvalue weighted by molar-refractivity contribution is 5.93. The van der Waals surface area contributed by atoms with E-state index < -0.39 is 0 Å². The number of hydroxylamine groups is 1. The Bertz CT molecular complexity index is 391. The predicted octanol–water partition coefficient (Wildman–Crippen LogP) is 2.76. The minimum atomic E-state index is -0.380. The monoisotopic (exact) mass is 221 g/mol. The molecule has 3 nitrogen and oxygen atoms in total. The van der Waals surface area contributed by atoms with Crippen LogP contribution < -0.4 is 5.48 Å². The first kappa shape index (κ1) is 12.7. The zero-order valence-corrected chi connectivity index (χ0v) is 10.5. The number of amides is 1. The molecule has 0 aliphatic heterocycles. The molecule has 1 aromatic rings. The van der Waals surface area contributed by atoms with Gasteiger partial charge in [0.15, 0.2) is 0 Å². The molecule has 0 aromatic heterocycles. The molecule has 0 spiro atoms. The van der Waals surface area contributed by atoms with Crippen molar-refractivity contribution >= 4 is 5.91 Å². The van der Waals surface area contributed by atoms with Crippen molar-refractivity contribution in [3.05, 3.63) is 34.9 Å². The number of carbonyl (C=O) groups excluding carboxylic acids is 1. The molecule has 0 unspecified atom stereocenters. The third kappa shape index (κ3) is 3.66. The van der Waals surface area contributed by atoms with Gasteiger partial charge in [-0.05, 0) is 57.9 Å². The van der Waals surface area contributed by atoms with E-state index in [0.717, 1.165) is 5.56 Å². The Balaban J connectivity index is 2.70. The minimum absolute atomic E-state index is 0.210. The number of rotatable bonds is 2. The Morgan fingerprint density at radius 1 is 1.19 bits per heavy atom. The Morgan fingerprint density at radius 2 is 1.81 bits per heavy atom. The SMILES string of the molecule is Cc1ccc(C(=O)NOC(C)(C)C)cc1C. The number of benzene rings is 1. The summed E-state index contributed by atoms with van der Waals surface area (Å²) in [6.07, 6.45) is 0. The average Bonchev–Trinajstić information content (AvgIpc) is 2.17. The van der Waals surface area contributed by atoms with Gasteiger partial charge in [0.2, 0.25) is 0 Å². The zero-order chi connectivity index (χ0) is 12.3. The van der Waals surface area contributed by atoms with Crippen molar-refractivity contribution in [1.29, 1.82) is 0 Å². The summed E-state index contributed by atoms with van der Waals surface area (Å²) in [4.78, 5) is 16.9. The highest BCUT2D eigenvalue weighted by atomic mass is 16.7. The lowest BCUT2D eigenvalue weighted by molar-refractivity contribution is -0.0589. The van der Waals surface area contributed by atoms with Crippen molar-refractivity contribution in [3.63, 3.8) is 0 Å². The van der Waals surface area contributed by atoms with Crippen molar-refractivity contribution in [3.8, 4) is 0 Å². The standard InChI is InChI=1S/C13H19NO2/c1-9-6-7-11(8-10(9)2)12(15)14-16-13(3,4)5/h6-8H,1-5H3,(H,14,15). The summed E-state index contributed by atoms with van der Waals surface area (Å²) in [5, 5.41) is 0. The van der Waals surface area contributed by atoms with Gasteiger partial charge < -0.3 is 0 Å². The van der Waals surface area contributed by atoms with Gasteiger partial charge in [-0.15, -0.1) is 0 Å². The second-order valence-corrected chi connectivity index (χ2v) is 4.94. The van der Waals surface area contributed by atoms with Gasteiger partial charge in [-0.2, -0.15) is 0 Å². The van der Waals surface area contributed by atoms with Crippen LogP contribution in [0.15, 0.2) is 18.2 Å². The highest BCUT2D eigenvalue weighted by Gasteiger charge is 2.14. The fraction of sp³-hybridized carbons (Fsp3) is 0.462. The Labute approximate surface area is 96.8 Å².